The maximum atomic E-state index is 13.3. The summed E-state index contributed by atoms with van der Waals surface area (Å²) in [6, 6.07) is 0. The smallest absolute Gasteiger partial charge is 0.376 e. The fraction of sp³-hybridized carbons (Fsp3) is 0.778. The van der Waals surface area contributed by atoms with Gasteiger partial charge in [-0.1, -0.05) is 6.08 Å². The van der Waals surface area contributed by atoms with Crippen LogP contribution in [0, 0.1) is 0 Å². The first kappa shape index (κ1) is 20.4. The lowest BCUT2D eigenvalue weighted by atomic mass is 9.86. The summed E-state index contributed by atoms with van der Waals surface area (Å²) in [6.07, 6.45) is -15.8. The van der Waals surface area contributed by atoms with Gasteiger partial charge in [-0.05, 0) is 12.8 Å². The van der Waals surface area contributed by atoms with Crippen LogP contribution in [0.2, 0.25) is 0 Å². The summed E-state index contributed by atoms with van der Waals surface area (Å²) in [6.45, 7) is 2.86. The molecule has 0 aliphatic carbocycles. The quantitative estimate of drug-likeness (QED) is 0.418. The van der Waals surface area contributed by atoms with Gasteiger partial charge in [-0.25, -0.2) is 0 Å². The van der Waals surface area contributed by atoms with Crippen molar-refractivity contribution >= 4 is 8.81 Å². The molecular formula is C9H9F10OP. The van der Waals surface area contributed by atoms with Crippen molar-refractivity contribution in [1.82, 2.24) is 0 Å². The van der Waals surface area contributed by atoms with Crippen molar-refractivity contribution in [3.8, 4) is 0 Å². The first-order chi connectivity index (χ1) is 9.12. The Morgan fingerprint density at radius 1 is 0.810 bits per heavy atom. The molecule has 0 fully saturated rings. The summed E-state index contributed by atoms with van der Waals surface area (Å²) >= 11 is 0. The molecule has 0 saturated heterocycles. The molecule has 0 rings (SSSR count). The van der Waals surface area contributed by atoms with Gasteiger partial charge in [-0.3, -0.25) is 0 Å². The SMILES string of the molecule is C=CCCC(PO)(C(F)(F)C(F)(F)F)C(F)(F)C(F)(F)F. The second kappa shape index (κ2) is 5.91. The Labute approximate surface area is 113 Å². The maximum absolute atomic E-state index is 13.3. The molecule has 12 heteroatoms. The van der Waals surface area contributed by atoms with Crippen molar-refractivity contribution in [2.45, 2.75) is 42.2 Å². The van der Waals surface area contributed by atoms with E-state index in [0.717, 1.165) is 0 Å². The molecule has 0 radical (unpaired) electrons. The van der Waals surface area contributed by atoms with Crippen molar-refractivity contribution in [3.63, 3.8) is 0 Å². The van der Waals surface area contributed by atoms with Crippen LogP contribution in [-0.4, -0.2) is 34.2 Å². The largest absolute Gasteiger partial charge is 0.454 e. The molecule has 0 amide bonds. The second-order valence-corrected chi connectivity index (χ2v) is 5.07. The highest BCUT2D eigenvalue weighted by atomic mass is 31.1. The molecule has 0 aromatic carbocycles. The normalized spacial score (nSPS) is 15.8. The highest BCUT2D eigenvalue weighted by Gasteiger charge is 2.84. The van der Waals surface area contributed by atoms with E-state index in [1.165, 1.54) is 0 Å². The van der Waals surface area contributed by atoms with Crippen molar-refractivity contribution in [3.05, 3.63) is 12.7 Å². The molecule has 0 aromatic rings. The molecule has 0 spiro atoms. The average Bonchev–Trinajstić information content (AvgIpc) is 2.26. The summed E-state index contributed by atoms with van der Waals surface area (Å²) in [5, 5.41) is -5.05. The maximum Gasteiger partial charge on any atom is 0.454 e. The van der Waals surface area contributed by atoms with Gasteiger partial charge < -0.3 is 4.89 Å². The van der Waals surface area contributed by atoms with E-state index in [-0.39, 0.29) is 0 Å². The Kier molecular flexibility index (Phi) is 5.75. The number of alkyl halides is 10. The van der Waals surface area contributed by atoms with E-state index in [1.54, 1.807) is 0 Å². The Hall–Kier alpha value is -0.570. The van der Waals surface area contributed by atoms with Gasteiger partial charge in [0.25, 0.3) is 0 Å². The number of hydrogen-bond acceptors (Lipinski definition) is 1. The highest BCUT2D eigenvalue weighted by molar-refractivity contribution is 7.33. The number of hydrogen-bond donors (Lipinski definition) is 1. The topological polar surface area (TPSA) is 20.2 Å². The minimum atomic E-state index is -6.70. The van der Waals surface area contributed by atoms with E-state index in [4.69, 9.17) is 4.89 Å². The molecule has 1 N–H and O–H groups in total. The zero-order chi connectivity index (χ0) is 17.3. The highest BCUT2D eigenvalue weighted by Crippen LogP contribution is 2.63. The molecular weight excluding hydrogens is 345 g/mol. The van der Waals surface area contributed by atoms with Crippen LogP contribution < -0.4 is 0 Å². The van der Waals surface area contributed by atoms with Crippen LogP contribution in [0.3, 0.4) is 0 Å². The van der Waals surface area contributed by atoms with Crippen LogP contribution in [0.25, 0.3) is 0 Å². The molecule has 1 atom stereocenters. The van der Waals surface area contributed by atoms with E-state index >= 15 is 0 Å². The fourth-order valence-electron chi connectivity index (χ4n) is 1.51. The van der Waals surface area contributed by atoms with Crippen LogP contribution in [0.5, 0.6) is 0 Å². The summed E-state index contributed by atoms with van der Waals surface area (Å²) in [5.41, 5.74) is 0. The lowest BCUT2D eigenvalue weighted by Crippen LogP contribution is -2.67. The standard InChI is InChI=1S/C9H9F10OP/c1-2-3-4-5(21-20,6(10,11)8(14,15)16)7(12,13)9(17,18)19/h2,20-21H,1,3-4H2. The zero-order valence-electron chi connectivity index (χ0n) is 9.93. The monoisotopic (exact) mass is 354 g/mol. The van der Waals surface area contributed by atoms with E-state index < -0.39 is 51.0 Å². The Bertz CT molecular complexity index is 346. The molecule has 1 nitrogen and oxygen atoms in total. The number of halogens is 10. The lowest BCUT2D eigenvalue weighted by Gasteiger charge is -2.44. The summed E-state index contributed by atoms with van der Waals surface area (Å²) in [4.78, 5) is 8.63. The molecule has 126 valence electrons. The van der Waals surface area contributed by atoms with Crippen molar-refractivity contribution in [2.75, 3.05) is 0 Å². The third kappa shape index (κ3) is 3.13. The van der Waals surface area contributed by atoms with Crippen molar-refractivity contribution < 1.29 is 48.8 Å². The lowest BCUT2D eigenvalue weighted by molar-refractivity contribution is -0.362. The van der Waals surface area contributed by atoms with Gasteiger partial charge in [0.2, 0.25) is 0 Å². The number of allylic oxidation sites excluding steroid dienone is 1. The number of rotatable bonds is 6. The molecule has 0 aliphatic heterocycles. The van der Waals surface area contributed by atoms with Gasteiger partial charge in [0.1, 0.15) is 0 Å². The molecule has 1 unspecified atom stereocenters. The average molecular weight is 354 g/mol. The van der Waals surface area contributed by atoms with Crippen LogP contribution >= 0.6 is 8.81 Å². The molecule has 0 saturated carbocycles. The van der Waals surface area contributed by atoms with Crippen LogP contribution in [0.15, 0.2) is 12.7 Å². The minimum Gasteiger partial charge on any atom is -0.376 e. The van der Waals surface area contributed by atoms with Gasteiger partial charge in [0.05, 0.1) is 0 Å². The summed E-state index contributed by atoms with van der Waals surface area (Å²) < 4.78 is 127. The third-order valence-electron chi connectivity index (χ3n) is 2.70. The van der Waals surface area contributed by atoms with Gasteiger partial charge in [0.15, 0.2) is 5.16 Å². The van der Waals surface area contributed by atoms with Gasteiger partial charge >= 0.3 is 24.2 Å². The Balaban J connectivity index is 6.32. The predicted molar refractivity (Wildman–Crippen MR) is 54.7 cm³/mol. The van der Waals surface area contributed by atoms with E-state index in [9.17, 15) is 43.9 Å². The Morgan fingerprint density at radius 3 is 1.33 bits per heavy atom. The first-order valence-corrected chi connectivity index (χ1v) is 5.98. The Morgan fingerprint density at radius 2 is 1.14 bits per heavy atom. The van der Waals surface area contributed by atoms with E-state index in [2.05, 4.69) is 6.58 Å². The predicted octanol–water partition coefficient (Wildman–Crippen LogP) is 4.67. The van der Waals surface area contributed by atoms with Gasteiger partial charge in [0, 0.05) is 8.81 Å². The van der Waals surface area contributed by atoms with Crippen molar-refractivity contribution in [1.29, 1.82) is 0 Å². The molecule has 0 aromatic heterocycles. The van der Waals surface area contributed by atoms with Crippen LogP contribution in [0.1, 0.15) is 12.8 Å². The first-order valence-electron chi connectivity index (χ1n) is 5.03. The minimum absolute atomic E-state index is 0.591. The van der Waals surface area contributed by atoms with Gasteiger partial charge in [-0.2, -0.15) is 43.9 Å². The van der Waals surface area contributed by atoms with Crippen LogP contribution in [0.4, 0.5) is 43.9 Å². The molecule has 21 heavy (non-hydrogen) atoms. The second-order valence-electron chi connectivity index (χ2n) is 3.99. The molecule has 0 aliphatic rings. The van der Waals surface area contributed by atoms with Crippen LogP contribution in [-0.2, 0) is 0 Å². The third-order valence-corrected chi connectivity index (χ3v) is 3.96. The molecule has 0 heterocycles. The van der Waals surface area contributed by atoms with E-state index in [1.807, 2.05) is 0 Å². The summed E-state index contributed by atoms with van der Waals surface area (Å²) in [5.74, 6) is -12.9. The molecule has 0 bridgehead atoms. The summed E-state index contributed by atoms with van der Waals surface area (Å²) in [7, 11) is -3.01. The fourth-order valence-corrected chi connectivity index (χ4v) is 2.33. The van der Waals surface area contributed by atoms with E-state index in [0.29, 0.717) is 6.08 Å². The zero-order valence-corrected chi connectivity index (χ0v) is 10.9. The van der Waals surface area contributed by atoms with Crippen molar-refractivity contribution in [2.24, 2.45) is 0 Å². The van der Waals surface area contributed by atoms with Gasteiger partial charge in [-0.15, -0.1) is 6.58 Å².